The molecule has 1 aliphatic heterocycles. The number of nitrogen functional groups attached to an aromatic ring is 1. The number of alkyl halides is 3. The second-order valence-corrected chi connectivity index (χ2v) is 4.21. The van der Waals surface area contributed by atoms with Crippen LogP contribution in [-0.2, 0) is 22.3 Å². The van der Waals surface area contributed by atoms with E-state index in [1.165, 1.54) is 12.1 Å². The van der Waals surface area contributed by atoms with Crippen LogP contribution < -0.4 is 5.73 Å². The standard InChI is InChI=1S/C12H14F3NO2/c13-12(14,15)11-5-9(16)2-1-8(11)6-18-10-3-4-17-7-10/h1-2,5,10H,3-4,6-7,16H2. The monoisotopic (exact) mass is 261 g/mol. The smallest absolute Gasteiger partial charge is 0.399 e. The van der Waals surface area contributed by atoms with Crippen molar-refractivity contribution in [1.82, 2.24) is 0 Å². The number of benzene rings is 1. The van der Waals surface area contributed by atoms with Crippen LogP contribution in [0.4, 0.5) is 18.9 Å². The number of anilines is 1. The molecule has 6 heteroatoms. The Morgan fingerprint density at radius 3 is 2.78 bits per heavy atom. The number of nitrogens with two attached hydrogens (primary N) is 1. The number of hydrogen-bond donors (Lipinski definition) is 1. The lowest BCUT2D eigenvalue weighted by Gasteiger charge is -2.15. The molecule has 0 aliphatic carbocycles. The second-order valence-electron chi connectivity index (χ2n) is 4.21. The average molecular weight is 261 g/mol. The molecule has 1 unspecified atom stereocenters. The van der Waals surface area contributed by atoms with Gasteiger partial charge in [0.15, 0.2) is 0 Å². The van der Waals surface area contributed by atoms with Crippen LogP contribution >= 0.6 is 0 Å². The molecule has 0 bridgehead atoms. The third-order valence-corrected chi connectivity index (χ3v) is 2.80. The minimum atomic E-state index is -4.42. The first-order valence-corrected chi connectivity index (χ1v) is 5.62. The largest absolute Gasteiger partial charge is 0.416 e. The number of hydrogen-bond acceptors (Lipinski definition) is 3. The molecule has 0 saturated carbocycles. The Hall–Kier alpha value is -1.27. The van der Waals surface area contributed by atoms with Crippen LogP contribution in [0.15, 0.2) is 18.2 Å². The first kappa shape index (κ1) is 13.2. The Labute approximate surface area is 103 Å². The van der Waals surface area contributed by atoms with Crippen molar-refractivity contribution in [2.45, 2.75) is 25.3 Å². The highest BCUT2D eigenvalue weighted by Crippen LogP contribution is 2.33. The third kappa shape index (κ3) is 3.14. The highest BCUT2D eigenvalue weighted by Gasteiger charge is 2.33. The Morgan fingerprint density at radius 1 is 1.39 bits per heavy atom. The van der Waals surface area contributed by atoms with Gasteiger partial charge in [0, 0.05) is 12.3 Å². The highest BCUT2D eigenvalue weighted by atomic mass is 19.4. The first-order valence-electron chi connectivity index (χ1n) is 5.62. The molecule has 0 amide bonds. The molecular formula is C12H14F3NO2. The molecule has 0 aromatic heterocycles. The Balaban J connectivity index is 2.11. The van der Waals surface area contributed by atoms with Gasteiger partial charge in [0.25, 0.3) is 0 Å². The van der Waals surface area contributed by atoms with Gasteiger partial charge >= 0.3 is 6.18 Å². The van der Waals surface area contributed by atoms with E-state index in [0.29, 0.717) is 13.2 Å². The van der Waals surface area contributed by atoms with Gasteiger partial charge in [-0.3, -0.25) is 0 Å². The van der Waals surface area contributed by atoms with Gasteiger partial charge in [-0.25, -0.2) is 0 Å². The maximum absolute atomic E-state index is 12.8. The lowest BCUT2D eigenvalue weighted by Crippen LogP contribution is -2.15. The molecule has 100 valence electrons. The quantitative estimate of drug-likeness (QED) is 0.850. The molecule has 1 saturated heterocycles. The molecule has 1 atom stereocenters. The predicted molar refractivity (Wildman–Crippen MR) is 59.9 cm³/mol. The zero-order valence-electron chi connectivity index (χ0n) is 9.67. The Morgan fingerprint density at radius 2 is 2.17 bits per heavy atom. The summed E-state index contributed by atoms with van der Waals surface area (Å²) < 4.78 is 48.9. The van der Waals surface area contributed by atoms with Crippen molar-refractivity contribution in [3.8, 4) is 0 Å². The summed E-state index contributed by atoms with van der Waals surface area (Å²) in [6.45, 7) is 0.956. The molecule has 1 aliphatic rings. The van der Waals surface area contributed by atoms with Crippen molar-refractivity contribution in [3.05, 3.63) is 29.3 Å². The average Bonchev–Trinajstić information content (AvgIpc) is 2.79. The Bertz CT molecular complexity index is 414. The fourth-order valence-electron chi connectivity index (χ4n) is 1.84. The summed E-state index contributed by atoms with van der Waals surface area (Å²) in [5, 5.41) is 0. The molecule has 0 radical (unpaired) electrons. The Kier molecular flexibility index (Phi) is 3.77. The summed E-state index contributed by atoms with van der Waals surface area (Å²) in [6, 6.07) is 3.73. The lowest BCUT2D eigenvalue weighted by molar-refractivity contribution is -0.139. The minimum Gasteiger partial charge on any atom is -0.399 e. The number of rotatable bonds is 3. The van der Waals surface area contributed by atoms with Gasteiger partial charge in [-0.15, -0.1) is 0 Å². The zero-order valence-corrected chi connectivity index (χ0v) is 9.67. The predicted octanol–water partition coefficient (Wildman–Crippen LogP) is 2.59. The van der Waals surface area contributed by atoms with E-state index in [0.717, 1.165) is 12.5 Å². The highest BCUT2D eigenvalue weighted by molar-refractivity contribution is 5.45. The van der Waals surface area contributed by atoms with Crippen molar-refractivity contribution in [2.24, 2.45) is 0 Å². The van der Waals surface area contributed by atoms with Crippen LogP contribution in [-0.4, -0.2) is 19.3 Å². The third-order valence-electron chi connectivity index (χ3n) is 2.80. The van der Waals surface area contributed by atoms with Crippen molar-refractivity contribution in [2.75, 3.05) is 18.9 Å². The molecule has 1 fully saturated rings. The van der Waals surface area contributed by atoms with Crippen LogP contribution in [0.1, 0.15) is 17.5 Å². The van der Waals surface area contributed by atoms with E-state index in [9.17, 15) is 13.2 Å². The van der Waals surface area contributed by atoms with Crippen molar-refractivity contribution in [3.63, 3.8) is 0 Å². The van der Waals surface area contributed by atoms with E-state index in [2.05, 4.69) is 0 Å². The van der Waals surface area contributed by atoms with Crippen LogP contribution in [0, 0.1) is 0 Å². The van der Waals surface area contributed by atoms with Gasteiger partial charge < -0.3 is 15.2 Å². The molecule has 18 heavy (non-hydrogen) atoms. The normalized spacial score (nSPS) is 20.3. The molecule has 3 nitrogen and oxygen atoms in total. The zero-order chi connectivity index (χ0) is 13.2. The topological polar surface area (TPSA) is 44.5 Å². The summed E-state index contributed by atoms with van der Waals surface area (Å²) in [5.41, 5.74) is 4.84. The maximum Gasteiger partial charge on any atom is 0.416 e. The molecule has 0 spiro atoms. The van der Waals surface area contributed by atoms with Gasteiger partial charge in [-0.1, -0.05) is 6.07 Å². The van der Waals surface area contributed by atoms with Crippen molar-refractivity contribution < 1.29 is 22.6 Å². The van der Waals surface area contributed by atoms with Crippen LogP contribution in [0.25, 0.3) is 0 Å². The van der Waals surface area contributed by atoms with Crippen LogP contribution in [0.5, 0.6) is 0 Å². The van der Waals surface area contributed by atoms with E-state index in [4.69, 9.17) is 15.2 Å². The summed E-state index contributed by atoms with van der Waals surface area (Å²) >= 11 is 0. The molecule has 1 heterocycles. The maximum atomic E-state index is 12.8. The lowest BCUT2D eigenvalue weighted by atomic mass is 10.1. The van der Waals surface area contributed by atoms with Crippen LogP contribution in [0.2, 0.25) is 0 Å². The number of halogens is 3. The summed E-state index contributed by atoms with van der Waals surface area (Å²) in [4.78, 5) is 0. The fourth-order valence-corrected chi connectivity index (χ4v) is 1.84. The van der Waals surface area contributed by atoms with E-state index >= 15 is 0 Å². The van der Waals surface area contributed by atoms with E-state index in [1.54, 1.807) is 0 Å². The molecule has 2 N–H and O–H groups in total. The molecule has 2 rings (SSSR count). The van der Waals surface area contributed by atoms with E-state index in [-0.39, 0.29) is 24.0 Å². The van der Waals surface area contributed by atoms with Gasteiger partial charge in [-0.2, -0.15) is 13.2 Å². The summed E-state index contributed by atoms with van der Waals surface area (Å²) in [7, 11) is 0. The van der Waals surface area contributed by atoms with E-state index < -0.39 is 11.7 Å². The molecular weight excluding hydrogens is 247 g/mol. The summed E-state index contributed by atoms with van der Waals surface area (Å²) in [6.07, 6.45) is -3.82. The van der Waals surface area contributed by atoms with E-state index in [1.807, 2.05) is 0 Å². The summed E-state index contributed by atoms with van der Waals surface area (Å²) in [5.74, 6) is 0. The SMILES string of the molecule is Nc1ccc(COC2CCOC2)c(C(F)(F)F)c1. The van der Waals surface area contributed by atoms with Gasteiger partial charge in [-0.05, 0) is 24.1 Å². The minimum absolute atomic E-state index is 0.0802. The van der Waals surface area contributed by atoms with Crippen LogP contribution in [0.3, 0.4) is 0 Å². The van der Waals surface area contributed by atoms with Crippen molar-refractivity contribution >= 4 is 5.69 Å². The van der Waals surface area contributed by atoms with Gasteiger partial charge in [0.2, 0.25) is 0 Å². The van der Waals surface area contributed by atoms with Crippen molar-refractivity contribution in [1.29, 1.82) is 0 Å². The molecule has 1 aromatic rings. The first-order chi connectivity index (χ1) is 8.47. The van der Waals surface area contributed by atoms with Gasteiger partial charge in [0.05, 0.1) is 24.9 Å². The fraction of sp³-hybridized carbons (Fsp3) is 0.500. The molecule has 1 aromatic carbocycles. The van der Waals surface area contributed by atoms with Gasteiger partial charge in [0.1, 0.15) is 0 Å². The second kappa shape index (κ2) is 5.16. The number of ether oxygens (including phenoxy) is 2.